The summed E-state index contributed by atoms with van der Waals surface area (Å²) < 4.78 is 10.7. The Morgan fingerprint density at radius 1 is 1.64 bits per heavy atom. The van der Waals surface area contributed by atoms with E-state index in [0.717, 1.165) is 19.4 Å². The smallest absolute Gasteiger partial charge is 0.159 e. The second-order valence-electron chi connectivity index (χ2n) is 2.74. The first-order valence-corrected chi connectivity index (χ1v) is 4.06. The summed E-state index contributed by atoms with van der Waals surface area (Å²) in [7, 11) is 0. The Kier molecular flexibility index (Phi) is 3.41. The molecule has 2 heteroatoms. The lowest BCUT2D eigenvalue weighted by atomic mass is 10.2. The zero-order chi connectivity index (χ0) is 8.10. The second-order valence-corrected chi connectivity index (χ2v) is 2.74. The van der Waals surface area contributed by atoms with E-state index in [-0.39, 0.29) is 12.4 Å². The van der Waals surface area contributed by atoms with Crippen molar-refractivity contribution in [1.82, 2.24) is 0 Å². The number of hydrogen-bond donors (Lipinski definition) is 0. The van der Waals surface area contributed by atoms with Crippen LogP contribution in [0.5, 0.6) is 0 Å². The van der Waals surface area contributed by atoms with Crippen LogP contribution >= 0.6 is 0 Å². The van der Waals surface area contributed by atoms with Gasteiger partial charge in [-0.1, -0.05) is 5.92 Å². The van der Waals surface area contributed by atoms with E-state index in [0.29, 0.717) is 0 Å². The molecule has 1 rings (SSSR count). The highest BCUT2D eigenvalue weighted by molar-refractivity contribution is 4.91. The molecule has 0 aromatic rings. The van der Waals surface area contributed by atoms with Crippen LogP contribution in [0, 0.1) is 12.3 Å². The molecule has 0 N–H and O–H groups in total. The summed E-state index contributed by atoms with van der Waals surface area (Å²) in [6.45, 7) is 2.67. The van der Waals surface area contributed by atoms with Crippen LogP contribution in [0.3, 0.4) is 0 Å². The van der Waals surface area contributed by atoms with Crippen molar-refractivity contribution in [2.75, 3.05) is 6.61 Å². The molecule has 0 bridgehead atoms. The normalized spacial score (nSPS) is 27.5. The topological polar surface area (TPSA) is 18.5 Å². The molecule has 1 aliphatic heterocycles. The van der Waals surface area contributed by atoms with Crippen LogP contribution in [-0.2, 0) is 9.47 Å². The predicted octanol–water partition coefficient (Wildman–Crippen LogP) is 1.55. The highest BCUT2D eigenvalue weighted by atomic mass is 16.7. The molecule has 0 aromatic heterocycles. The van der Waals surface area contributed by atoms with Crippen LogP contribution in [0.15, 0.2) is 0 Å². The molecule has 1 heterocycles. The monoisotopic (exact) mass is 154 g/mol. The van der Waals surface area contributed by atoms with E-state index >= 15 is 0 Å². The van der Waals surface area contributed by atoms with E-state index in [1.54, 1.807) is 0 Å². The molecule has 0 aromatic carbocycles. The molecule has 0 saturated carbocycles. The number of hydrogen-bond acceptors (Lipinski definition) is 2. The first kappa shape index (κ1) is 8.58. The molecular formula is C9H14O2. The molecule has 0 unspecified atom stereocenters. The van der Waals surface area contributed by atoms with Crippen molar-refractivity contribution < 1.29 is 9.47 Å². The predicted molar refractivity (Wildman–Crippen MR) is 43.0 cm³/mol. The van der Waals surface area contributed by atoms with Gasteiger partial charge in [0, 0.05) is 6.61 Å². The molecule has 0 spiro atoms. The number of terminal acetylenes is 1. The van der Waals surface area contributed by atoms with E-state index in [2.05, 4.69) is 5.92 Å². The minimum absolute atomic E-state index is 0.0604. The highest BCUT2D eigenvalue weighted by Gasteiger charge is 2.15. The van der Waals surface area contributed by atoms with Gasteiger partial charge in [-0.15, -0.1) is 6.42 Å². The zero-order valence-corrected chi connectivity index (χ0v) is 6.88. The standard InChI is InChI=1S/C9H14O2/c1-3-8(2)11-9-6-4-5-7-10-9/h1,8-9H,4-7H2,2H3/t8-,9-/m1/s1. The van der Waals surface area contributed by atoms with Gasteiger partial charge in [0.2, 0.25) is 0 Å². The maximum atomic E-state index is 5.38. The van der Waals surface area contributed by atoms with Gasteiger partial charge in [-0.3, -0.25) is 0 Å². The Balaban J connectivity index is 2.20. The van der Waals surface area contributed by atoms with Gasteiger partial charge in [0.1, 0.15) is 6.10 Å². The third-order valence-corrected chi connectivity index (χ3v) is 1.73. The summed E-state index contributed by atoms with van der Waals surface area (Å²) in [6, 6.07) is 0. The molecule has 2 atom stereocenters. The van der Waals surface area contributed by atoms with E-state index in [1.807, 2.05) is 6.92 Å². The fourth-order valence-corrected chi connectivity index (χ4v) is 1.09. The molecule has 1 saturated heterocycles. The van der Waals surface area contributed by atoms with Gasteiger partial charge in [0.25, 0.3) is 0 Å². The summed E-state index contributed by atoms with van der Waals surface area (Å²) in [5.41, 5.74) is 0. The Labute approximate surface area is 67.9 Å². The third-order valence-electron chi connectivity index (χ3n) is 1.73. The summed E-state index contributed by atoms with van der Waals surface area (Å²) in [5, 5.41) is 0. The fourth-order valence-electron chi connectivity index (χ4n) is 1.09. The maximum Gasteiger partial charge on any atom is 0.159 e. The Bertz CT molecular complexity index is 142. The quantitative estimate of drug-likeness (QED) is 0.562. The Morgan fingerprint density at radius 2 is 2.45 bits per heavy atom. The highest BCUT2D eigenvalue weighted by Crippen LogP contribution is 2.14. The van der Waals surface area contributed by atoms with Crippen LogP contribution in [0.4, 0.5) is 0 Å². The van der Waals surface area contributed by atoms with Gasteiger partial charge >= 0.3 is 0 Å². The van der Waals surface area contributed by atoms with E-state index in [1.165, 1.54) is 6.42 Å². The van der Waals surface area contributed by atoms with Gasteiger partial charge in [-0.25, -0.2) is 0 Å². The molecule has 1 aliphatic rings. The Morgan fingerprint density at radius 3 is 3.00 bits per heavy atom. The second kappa shape index (κ2) is 4.38. The van der Waals surface area contributed by atoms with Crippen molar-refractivity contribution in [3.05, 3.63) is 0 Å². The van der Waals surface area contributed by atoms with E-state index < -0.39 is 0 Å². The molecule has 62 valence electrons. The van der Waals surface area contributed by atoms with Crippen molar-refractivity contribution >= 4 is 0 Å². The largest absolute Gasteiger partial charge is 0.353 e. The summed E-state index contributed by atoms with van der Waals surface area (Å²) in [4.78, 5) is 0. The van der Waals surface area contributed by atoms with Gasteiger partial charge in [0.15, 0.2) is 6.29 Å². The molecule has 0 aliphatic carbocycles. The molecule has 11 heavy (non-hydrogen) atoms. The summed E-state index contributed by atoms with van der Waals surface area (Å²) in [5.74, 6) is 2.51. The van der Waals surface area contributed by atoms with Gasteiger partial charge in [-0.2, -0.15) is 0 Å². The molecule has 1 fully saturated rings. The fraction of sp³-hybridized carbons (Fsp3) is 0.778. The summed E-state index contributed by atoms with van der Waals surface area (Å²) >= 11 is 0. The lowest BCUT2D eigenvalue weighted by molar-refractivity contribution is -0.173. The van der Waals surface area contributed by atoms with Crippen LogP contribution in [0.25, 0.3) is 0 Å². The van der Waals surface area contributed by atoms with Gasteiger partial charge < -0.3 is 9.47 Å². The van der Waals surface area contributed by atoms with Crippen LogP contribution < -0.4 is 0 Å². The van der Waals surface area contributed by atoms with Gasteiger partial charge in [0.05, 0.1) is 0 Å². The van der Waals surface area contributed by atoms with E-state index in [4.69, 9.17) is 15.9 Å². The van der Waals surface area contributed by atoms with Crippen molar-refractivity contribution in [3.63, 3.8) is 0 Å². The lowest BCUT2D eigenvalue weighted by Gasteiger charge is -2.23. The summed E-state index contributed by atoms with van der Waals surface area (Å²) in [6.07, 6.45) is 8.28. The zero-order valence-electron chi connectivity index (χ0n) is 6.88. The van der Waals surface area contributed by atoms with Crippen LogP contribution in [0.1, 0.15) is 26.2 Å². The molecular weight excluding hydrogens is 140 g/mol. The van der Waals surface area contributed by atoms with Crippen molar-refractivity contribution in [2.45, 2.75) is 38.6 Å². The minimum atomic E-state index is -0.127. The average molecular weight is 154 g/mol. The molecule has 2 nitrogen and oxygen atoms in total. The molecule has 0 amide bonds. The Hall–Kier alpha value is -0.520. The number of ether oxygens (including phenoxy) is 2. The number of rotatable bonds is 2. The van der Waals surface area contributed by atoms with Crippen molar-refractivity contribution in [1.29, 1.82) is 0 Å². The van der Waals surface area contributed by atoms with Crippen LogP contribution in [-0.4, -0.2) is 19.0 Å². The molecule has 0 radical (unpaired) electrons. The van der Waals surface area contributed by atoms with Crippen LogP contribution in [0.2, 0.25) is 0 Å². The SMILES string of the molecule is C#C[C@@H](C)O[C@@H]1CCCCO1. The first-order chi connectivity index (χ1) is 5.33. The maximum absolute atomic E-state index is 5.38. The average Bonchev–Trinajstić information content (AvgIpc) is 2.06. The van der Waals surface area contributed by atoms with Crippen molar-refractivity contribution in [3.8, 4) is 12.3 Å². The lowest BCUT2D eigenvalue weighted by Crippen LogP contribution is -2.25. The minimum Gasteiger partial charge on any atom is -0.353 e. The van der Waals surface area contributed by atoms with Crippen molar-refractivity contribution in [2.24, 2.45) is 0 Å². The first-order valence-electron chi connectivity index (χ1n) is 4.06. The van der Waals surface area contributed by atoms with E-state index in [9.17, 15) is 0 Å². The third kappa shape index (κ3) is 2.92. The van der Waals surface area contributed by atoms with Gasteiger partial charge in [-0.05, 0) is 26.2 Å².